The summed E-state index contributed by atoms with van der Waals surface area (Å²) in [5.41, 5.74) is 4.77. The Labute approximate surface area is 181 Å². The molecule has 1 aliphatic heterocycles. The van der Waals surface area contributed by atoms with Crippen molar-refractivity contribution >= 4 is 15.7 Å². The second-order valence-corrected chi connectivity index (χ2v) is 10.4. The van der Waals surface area contributed by atoms with Crippen LogP contribution in [0.5, 0.6) is 0 Å². The van der Waals surface area contributed by atoms with Crippen LogP contribution in [0.2, 0.25) is 0 Å². The van der Waals surface area contributed by atoms with Crippen molar-refractivity contribution in [2.24, 2.45) is 5.92 Å². The molecule has 0 saturated heterocycles. The molecule has 0 bridgehead atoms. The highest BCUT2D eigenvalue weighted by Gasteiger charge is 2.39. The molecule has 5 heteroatoms. The minimum Gasteiger partial charge on any atom is -0.378 e. The quantitative estimate of drug-likeness (QED) is 0.586. The topological polar surface area (TPSA) is 49.4 Å². The summed E-state index contributed by atoms with van der Waals surface area (Å²) >= 11 is 0. The maximum atomic E-state index is 13.3. The van der Waals surface area contributed by atoms with Crippen LogP contribution in [0.3, 0.4) is 0 Å². The molecule has 160 valence electrons. The summed E-state index contributed by atoms with van der Waals surface area (Å²) in [4.78, 5) is 0.415. The van der Waals surface area contributed by atoms with E-state index >= 15 is 0 Å². The van der Waals surface area contributed by atoms with E-state index in [1.165, 1.54) is 11.1 Å². The second-order valence-electron chi connectivity index (χ2n) is 8.49. The van der Waals surface area contributed by atoms with Gasteiger partial charge in [0, 0.05) is 24.7 Å². The number of nitrogens with zero attached hydrogens (tertiary/aromatic N) is 1. The van der Waals surface area contributed by atoms with Gasteiger partial charge in [0.1, 0.15) is 0 Å². The third kappa shape index (κ3) is 3.69. The first-order valence-electron chi connectivity index (χ1n) is 11.1. The van der Waals surface area contributed by atoms with Gasteiger partial charge in [-0.3, -0.25) is 0 Å². The predicted octanol–water partition coefficient (Wildman–Crippen LogP) is 5.63. The van der Waals surface area contributed by atoms with Gasteiger partial charge in [0.25, 0.3) is 0 Å². The molecule has 3 unspecified atom stereocenters. The number of allylic oxidation sites excluding steroid dienone is 2. The van der Waals surface area contributed by atoms with Crippen molar-refractivity contribution in [3.8, 4) is 0 Å². The lowest BCUT2D eigenvalue weighted by Gasteiger charge is -2.38. The van der Waals surface area contributed by atoms with Gasteiger partial charge in [0.2, 0.25) is 10.0 Å². The van der Waals surface area contributed by atoms with Crippen LogP contribution in [0.1, 0.15) is 61.8 Å². The second kappa shape index (κ2) is 8.56. The molecular formula is C25H32N2O2S. The Bertz CT molecular complexity index is 1040. The van der Waals surface area contributed by atoms with Crippen LogP contribution in [0, 0.1) is 12.8 Å². The number of sulfonamides is 1. The summed E-state index contributed by atoms with van der Waals surface area (Å²) in [7, 11) is -3.48. The molecule has 0 saturated carbocycles. The smallest absolute Gasteiger partial charge is 0.243 e. The van der Waals surface area contributed by atoms with Crippen molar-refractivity contribution in [1.82, 2.24) is 4.31 Å². The van der Waals surface area contributed by atoms with E-state index < -0.39 is 10.0 Å². The van der Waals surface area contributed by atoms with E-state index in [4.69, 9.17) is 0 Å². The normalized spacial score (nSPS) is 22.6. The predicted molar refractivity (Wildman–Crippen MR) is 123 cm³/mol. The third-order valence-electron chi connectivity index (χ3n) is 6.44. The lowest BCUT2D eigenvalue weighted by molar-refractivity contribution is 0.408. The van der Waals surface area contributed by atoms with Crippen molar-refractivity contribution in [2.75, 3.05) is 18.4 Å². The Morgan fingerprint density at radius 2 is 1.77 bits per heavy atom. The van der Waals surface area contributed by atoms with Gasteiger partial charge >= 0.3 is 0 Å². The van der Waals surface area contributed by atoms with E-state index in [0.717, 1.165) is 30.5 Å². The van der Waals surface area contributed by atoms with E-state index in [9.17, 15) is 8.42 Å². The van der Waals surface area contributed by atoms with E-state index in [0.29, 0.717) is 23.9 Å². The van der Waals surface area contributed by atoms with Gasteiger partial charge in [-0.05, 0) is 67.0 Å². The van der Waals surface area contributed by atoms with Crippen molar-refractivity contribution in [1.29, 1.82) is 0 Å². The Kier molecular flexibility index (Phi) is 6.03. The summed E-state index contributed by atoms with van der Waals surface area (Å²) in [5.74, 6) is 0.644. The molecule has 0 amide bonds. The van der Waals surface area contributed by atoms with Crippen LogP contribution in [0.25, 0.3) is 0 Å². The Morgan fingerprint density at radius 1 is 1.03 bits per heavy atom. The van der Waals surface area contributed by atoms with E-state index in [-0.39, 0.29) is 12.0 Å². The Balaban J connectivity index is 1.73. The van der Waals surface area contributed by atoms with Crippen LogP contribution >= 0.6 is 0 Å². The molecule has 2 aromatic rings. The fourth-order valence-electron chi connectivity index (χ4n) is 4.98. The molecule has 2 aromatic carbocycles. The number of benzene rings is 2. The molecule has 4 nitrogen and oxygen atoms in total. The van der Waals surface area contributed by atoms with E-state index in [2.05, 4.69) is 48.7 Å². The fourth-order valence-corrected chi connectivity index (χ4v) is 6.64. The maximum absolute atomic E-state index is 13.3. The van der Waals surface area contributed by atoms with Crippen LogP contribution in [-0.4, -0.2) is 25.8 Å². The standard InChI is InChI=1S/C25H32N2O2S/c1-4-15-27(16-5-2)30(28,29)19-13-14-24-23(17-19)21-11-8-12-22(21)25(26-24)20-10-7-6-9-18(20)3/h6-11,13-14,17,21-22,25-26H,4-5,12,15-16H2,1-3H3. The number of hydrogen-bond acceptors (Lipinski definition) is 3. The highest BCUT2D eigenvalue weighted by Crippen LogP contribution is 2.50. The summed E-state index contributed by atoms with van der Waals surface area (Å²) in [6, 6.07) is 14.4. The molecule has 30 heavy (non-hydrogen) atoms. The maximum Gasteiger partial charge on any atom is 0.243 e. The summed E-state index contributed by atoms with van der Waals surface area (Å²) in [6.07, 6.45) is 7.15. The van der Waals surface area contributed by atoms with E-state index in [1.54, 1.807) is 10.4 Å². The highest BCUT2D eigenvalue weighted by atomic mass is 32.2. The van der Waals surface area contributed by atoms with Gasteiger partial charge in [0.05, 0.1) is 10.9 Å². The molecule has 3 atom stereocenters. The zero-order valence-corrected chi connectivity index (χ0v) is 19.0. The lowest BCUT2D eigenvalue weighted by Crippen LogP contribution is -2.33. The van der Waals surface area contributed by atoms with Crippen molar-refractivity contribution in [2.45, 2.75) is 56.9 Å². The molecule has 0 radical (unpaired) electrons. The number of aryl methyl sites for hydroxylation is 1. The minimum atomic E-state index is -3.48. The lowest BCUT2D eigenvalue weighted by atomic mass is 9.76. The molecule has 1 aliphatic carbocycles. The zero-order chi connectivity index (χ0) is 21.3. The number of fused-ring (bicyclic) bond motifs is 3. The van der Waals surface area contributed by atoms with Crippen molar-refractivity contribution < 1.29 is 8.42 Å². The molecule has 2 aliphatic rings. The summed E-state index contributed by atoms with van der Waals surface area (Å²) < 4.78 is 28.2. The molecule has 0 aromatic heterocycles. The average molecular weight is 425 g/mol. The first-order chi connectivity index (χ1) is 14.5. The third-order valence-corrected chi connectivity index (χ3v) is 8.34. The molecule has 1 N–H and O–H groups in total. The fraction of sp³-hybridized carbons (Fsp3) is 0.440. The largest absolute Gasteiger partial charge is 0.378 e. The number of rotatable bonds is 7. The first kappa shape index (κ1) is 21.1. The summed E-state index contributed by atoms with van der Waals surface area (Å²) in [5, 5.41) is 3.74. The van der Waals surface area contributed by atoms with Crippen molar-refractivity contribution in [3.05, 3.63) is 71.3 Å². The van der Waals surface area contributed by atoms with Crippen LogP contribution in [0.15, 0.2) is 59.5 Å². The van der Waals surface area contributed by atoms with Gasteiger partial charge in [0.15, 0.2) is 0 Å². The SMILES string of the molecule is CCCN(CCC)S(=O)(=O)c1ccc2c(c1)C1C=CCC1C(c1ccccc1C)N2. The monoisotopic (exact) mass is 424 g/mol. The molecule has 0 spiro atoms. The average Bonchev–Trinajstić information content (AvgIpc) is 3.23. The van der Waals surface area contributed by atoms with Gasteiger partial charge < -0.3 is 5.32 Å². The minimum absolute atomic E-state index is 0.234. The summed E-state index contributed by atoms with van der Waals surface area (Å²) in [6.45, 7) is 7.33. The number of nitrogens with one attached hydrogen (secondary N) is 1. The van der Waals surface area contributed by atoms with Crippen LogP contribution in [0.4, 0.5) is 5.69 Å². The van der Waals surface area contributed by atoms with Crippen LogP contribution in [-0.2, 0) is 10.0 Å². The van der Waals surface area contributed by atoms with E-state index in [1.807, 2.05) is 26.0 Å². The zero-order valence-electron chi connectivity index (χ0n) is 18.1. The molecule has 4 rings (SSSR count). The molecule has 1 heterocycles. The van der Waals surface area contributed by atoms with Crippen molar-refractivity contribution in [3.63, 3.8) is 0 Å². The van der Waals surface area contributed by atoms with Gasteiger partial charge in [-0.2, -0.15) is 4.31 Å². The Morgan fingerprint density at radius 3 is 2.47 bits per heavy atom. The highest BCUT2D eigenvalue weighted by molar-refractivity contribution is 7.89. The number of anilines is 1. The molecule has 0 fully saturated rings. The van der Waals surface area contributed by atoms with Gasteiger partial charge in [-0.1, -0.05) is 50.3 Å². The number of hydrogen-bond donors (Lipinski definition) is 1. The molecular weight excluding hydrogens is 392 g/mol. The van der Waals surface area contributed by atoms with Gasteiger partial charge in [-0.15, -0.1) is 0 Å². The Hall–Kier alpha value is -2.11. The van der Waals surface area contributed by atoms with Crippen LogP contribution < -0.4 is 5.32 Å². The first-order valence-corrected chi connectivity index (χ1v) is 12.5. The van der Waals surface area contributed by atoms with Gasteiger partial charge in [-0.25, -0.2) is 8.42 Å².